The first-order chi connectivity index (χ1) is 16.6. The van der Waals surface area contributed by atoms with Crippen LogP contribution in [0.4, 0.5) is 5.69 Å². The van der Waals surface area contributed by atoms with Gasteiger partial charge in [0.15, 0.2) is 0 Å². The zero-order chi connectivity index (χ0) is 24.1. The Balaban J connectivity index is 1.78. The van der Waals surface area contributed by atoms with Gasteiger partial charge in [-0.05, 0) is 42.1 Å². The highest BCUT2D eigenvalue weighted by Gasteiger charge is 2.44. The van der Waals surface area contributed by atoms with E-state index in [-0.39, 0.29) is 24.0 Å². The molecule has 0 spiro atoms. The van der Waals surface area contributed by atoms with Crippen LogP contribution in [0.25, 0.3) is 0 Å². The quantitative estimate of drug-likeness (QED) is 0.482. The Labute approximate surface area is 202 Å². The summed E-state index contributed by atoms with van der Waals surface area (Å²) in [4.78, 5) is 42.4. The molecule has 1 aliphatic rings. The van der Waals surface area contributed by atoms with Crippen LogP contribution >= 0.6 is 11.3 Å². The van der Waals surface area contributed by atoms with Crippen molar-refractivity contribution in [1.29, 1.82) is 0 Å². The lowest BCUT2D eigenvalue weighted by atomic mass is 9.81. The minimum Gasteiger partial charge on any atom is -0.462 e. The maximum atomic E-state index is 13.9. The van der Waals surface area contributed by atoms with Crippen molar-refractivity contribution in [2.75, 3.05) is 32.2 Å². The molecule has 0 radical (unpaired) electrons. The number of benzene rings is 2. The van der Waals surface area contributed by atoms with Crippen LogP contribution in [-0.4, -0.2) is 49.6 Å². The molecule has 0 aliphatic carbocycles. The van der Waals surface area contributed by atoms with Crippen molar-refractivity contribution in [2.24, 2.45) is 0 Å². The number of carbonyl (C=O) groups excluding carboxylic acids is 3. The molecule has 0 bridgehead atoms. The molecule has 2 heterocycles. The van der Waals surface area contributed by atoms with Gasteiger partial charge in [0.05, 0.1) is 36.4 Å². The lowest BCUT2D eigenvalue weighted by Gasteiger charge is -2.41. The number of thiophene rings is 1. The Hall–Kier alpha value is -3.49. The topological polar surface area (TPSA) is 84.9 Å². The number of ether oxygens (including phenoxy) is 2. The second kappa shape index (κ2) is 10.6. The van der Waals surface area contributed by atoms with Gasteiger partial charge >= 0.3 is 5.97 Å². The maximum absolute atomic E-state index is 13.9. The molecular weight excluding hydrogens is 452 g/mol. The molecule has 2 amide bonds. The van der Waals surface area contributed by atoms with Crippen molar-refractivity contribution in [3.8, 4) is 0 Å². The summed E-state index contributed by atoms with van der Waals surface area (Å²) < 4.78 is 10.4. The standard InChI is InChI=1S/C26H26N2O5S/c1-3-33-26(31)19-11-6-7-12-20(19)27-24(29)22-17-9-4-5-10-18(17)25(30)28(14-15-32-2)23(22)21-13-8-16-34-21/h4-13,16,22-23H,3,14-15H2,1-2H3,(H,27,29)/t22-,23+/m0/s1. The number of anilines is 1. The van der Waals surface area contributed by atoms with Crippen LogP contribution in [0.5, 0.6) is 0 Å². The lowest BCUT2D eigenvalue weighted by Crippen LogP contribution is -2.47. The van der Waals surface area contributed by atoms with Crippen molar-refractivity contribution < 1.29 is 23.9 Å². The van der Waals surface area contributed by atoms with E-state index in [4.69, 9.17) is 9.47 Å². The van der Waals surface area contributed by atoms with Crippen LogP contribution in [0.3, 0.4) is 0 Å². The number of nitrogens with zero attached hydrogens (tertiary/aromatic N) is 1. The van der Waals surface area contributed by atoms with Crippen molar-refractivity contribution in [3.63, 3.8) is 0 Å². The highest BCUT2D eigenvalue weighted by Crippen LogP contribution is 2.44. The van der Waals surface area contributed by atoms with Crippen LogP contribution in [0, 0.1) is 0 Å². The summed E-state index contributed by atoms with van der Waals surface area (Å²) in [6, 6.07) is 17.3. The van der Waals surface area contributed by atoms with Gasteiger partial charge in [-0.2, -0.15) is 0 Å². The SMILES string of the molecule is CCOC(=O)c1ccccc1NC(=O)[C@H]1c2ccccc2C(=O)N(CCOC)[C@@H]1c1cccs1. The highest BCUT2D eigenvalue weighted by atomic mass is 32.1. The molecule has 4 rings (SSSR count). The van der Waals surface area contributed by atoms with E-state index >= 15 is 0 Å². The summed E-state index contributed by atoms with van der Waals surface area (Å²) in [5.41, 5.74) is 1.80. The summed E-state index contributed by atoms with van der Waals surface area (Å²) in [5.74, 6) is -1.63. The molecule has 2 aromatic carbocycles. The molecule has 176 valence electrons. The Bertz CT molecular complexity index is 1180. The zero-order valence-electron chi connectivity index (χ0n) is 19.0. The number of carbonyl (C=O) groups is 3. The van der Waals surface area contributed by atoms with E-state index in [0.29, 0.717) is 30.0 Å². The molecule has 1 aromatic heterocycles. The molecule has 8 heteroatoms. The van der Waals surface area contributed by atoms with Gasteiger partial charge in [-0.25, -0.2) is 4.79 Å². The first-order valence-corrected chi connectivity index (χ1v) is 11.9. The van der Waals surface area contributed by atoms with Crippen molar-refractivity contribution in [3.05, 3.63) is 87.6 Å². The van der Waals surface area contributed by atoms with Crippen molar-refractivity contribution in [1.82, 2.24) is 4.90 Å². The average molecular weight is 479 g/mol. The van der Waals surface area contributed by atoms with Gasteiger partial charge in [0.2, 0.25) is 5.91 Å². The predicted octanol–water partition coefficient (Wildman–Crippen LogP) is 4.49. The van der Waals surface area contributed by atoms with Crippen molar-refractivity contribution >= 4 is 34.8 Å². The molecule has 1 aliphatic heterocycles. The first kappa shape index (κ1) is 23.7. The summed E-state index contributed by atoms with van der Waals surface area (Å²) in [7, 11) is 1.58. The molecule has 2 atom stereocenters. The second-order valence-corrected chi connectivity index (χ2v) is 8.75. The zero-order valence-corrected chi connectivity index (χ0v) is 19.8. The van der Waals surface area contributed by atoms with E-state index in [1.54, 1.807) is 55.3 Å². The molecule has 0 saturated heterocycles. The molecule has 0 saturated carbocycles. The van der Waals surface area contributed by atoms with Crippen molar-refractivity contribution in [2.45, 2.75) is 18.9 Å². The molecule has 1 N–H and O–H groups in total. The molecular formula is C26H26N2O5S. The fourth-order valence-corrected chi connectivity index (χ4v) is 5.15. The van der Waals surface area contributed by atoms with Crippen LogP contribution in [0.2, 0.25) is 0 Å². The normalized spacial score (nSPS) is 17.2. The maximum Gasteiger partial charge on any atom is 0.340 e. The number of hydrogen-bond acceptors (Lipinski definition) is 6. The molecule has 0 unspecified atom stereocenters. The Morgan fingerprint density at radius 3 is 2.56 bits per heavy atom. The third-order valence-corrected chi connectivity index (χ3v) is 6.72. The van der Waals surface area contributed by atoms with Crippen LogP contribution in [0.15, 0.2) is 66.0 Å². The van der Waals surface area contributed by atoms with Gasteiger partial charge in [0.1, 0.15) is 0 Å². The highest BCUT2D eigenvalue weighted by molar-refractivity contribution is 7.10. The fraction of sp³-hybridized carbons (Fsp3) is 0.269. The van der Waals surface area contributed by atoms with E-state index in [1.165, 1.54) is 11.3 Å². The monoisotopic (exact) mass is 478 g/mol. The first-order valence-electron chi connectivity index (χ1n) is 11.1. The van der Waals surface area contributed by atoms with Gasteiger partial charge in [-0.3, -0.25) is 9.59 Å². The van der Waals surface area contributed by atoms with Gasteiger partial charge < -0.3 is 19.7 Å². The van der Waals surface area contributed by atoms with Gasteiger partial charge in [-0.1, -0.05) is 36.4 Å². The predicted molar refractivity (Wildman–Crippen MR) is 130 cm³/mol. The average Bonchev–Trinajstić information content (AvgIpc) is 3.38. The van der Waals surface area contributed by atoms with E-state index in [1.807, 2.05) is 29.6 Å². The third-order valence-electron chi connectivity index (χ3n) is 5.77. The number of para-hydroxylation sites is 1. The van der Waals surface area contributed by atoms with E-state index in [0.717, 1.165) is 4.88 Å². The summed E-state index contributed by atoms with van der Waals surface area (Å²) in [6.07, 6.45) is 0. The number of rotatable bonds is 8. The van der Waals surface area contributed by atoms with Gasteiger partial charge in [0.25, 0.3) is 5.91 Å². The molecule has 34 heavy (non-hydrogen) atoms. The van der Waals surface area contributed by atoms with Crippen LogP contribution < -0.4 is 5.32 Å². The number of fused-ring (bicyclic) bond motifs is 1. The number of amides is 2. The van der Waals surface area contributed by atoms with E-state index < -0.39 is 17.9 Å². The van der Waals surface area contributed by atoms with Gasteiger partial charge in [0, 0.05) is 24.1 Å². The Kier molecular flexibility index (Phi) is 7.40. The smallest absolute Gasteiger partial charge is 0.340 e. The third kappa shape index (κ3) is 4.60. The number of methoxy groups -OCH3 is 1. The largest absolute Gasteiger partial charge is 0.462 e. The van der Waals surface area contributed by atoms with E-state index in [9.17, 15) is 14.4 Å². The second-order valence-electron chi connectivity index (χ2n) is 7.77. The molecule has 7 nitrogen and oxygen atoms in total. The van der Waals surface area contributed by atoms with Crippen LogP contribution in [0.1, 0.15) is 50.0 Å². The Morgan fingerprint density at radius 1 is 1.06 bits per heavy atom. The minimum atomic E-state index is -0.681. The fourth-order valence-electron chi connectivity index (χ4n) is 4.28. The lowest BCUT2D eigenvalue weighted by molar-refractivity contribution is -0.119. The minimum absolute atomic E-state index is 0.137. The Morgan fingerprint density at radius 2 is 1.82 bits per heavy atom. The summed E-state index contributed by atoms with van der Waals surface area (Å²) in [5, 5.41) is 4.87. The van der Waals surface area contributed by atoms with Gasteiger partial charge in [-0.15, -0.1) is 11.3 Å². The molecule has 3 aromatic rings. The summed E-state index contributed by atoms with van der Waals surface area (Å²) in [6.45, 7) is 2.65. The number of hydrogen-bond donors (Lipinski definition) is 1. The molecule has 0 fully saturated rings. The van der Waals surface area contributed by atoms with Crippen LogP contribution in [-0.2, 0) is 14.3 Å². The summed E-state index contributed by atoms with van der Waals surface area (Å²) >= 11 is 1.50. The number of nitrogens with one attached hydrogen (secondary N) is 1. The van der Waals surface area contributed by atoms with E-state index in [2.05, 4.69) is 5.32 Å². The number of esters is 1.